The highest BCUT2D eigenvalue weighted by molar-refractivity contribution is 6.33. The van der Waals surface area contributed by atoms with Crippen molar-refractivity contribution in [3.05, 3.63) is 65.7 Å². The van der Waals surface area contributed by atoms with Gasteiger partial charge >= 0.3 is 0 Å². The van der Waals surface area contributed by atoms with E-state index in [4.69, 9.17) is 10.5 Å². The molecule has 0 fully saturated rings. The topological polar surface area (TPSA) is 67.9 Å². The van der Waals surface area contributed by atoms with Crippen molar-refractivity contribution < 1.29 is 9.53 Å². The molecule has 2 aromatic carbocycles. The van der Waals surface area contributed by atoms with Crippen molar-refractivity contribution in [1.29, 1.82) is 0 Å². The van der Waals surface area contributed by atoms with Crippen molar-refractivity contribution in [3.63, 3.8) is 0 Å². The van der Waals surface area contributed by atoms with E-state index in [1.165, 1.54) is 5.01 Å². The molecule has 0 radical (unpaired) electrons. The van der Waals surface area contributed by atoms with E-state index in [2.05, 4.69) is 5.10 Å². The third-order valence-electron chi connectivity index (χ3n) is 3.69. The molecule has 3 rings (SSSR count). The van der Waals surface area contributed by atoms with Crippen molar-refractivity contribution in [3.8, 4) is 5.75 Å². The van der Waals surface area contributed by atoms with Crippen molar-refractivity contribution in [1.82, 2.24) is 0 Å². The number of benzene rings is 2. The SMILES string of the molecule is COc1ccccc1/C(N)=C1\C(=O)N(c2ccccc2)N=C1C. The van der Waals surface area contributed by atoms with Gasteiger partial charge in [-0.25, -0.2) is 0 Å². The number of methoxy groups -OCH3 is 1. The Kier molecular flexibility index (Phi) is 3.85. The Labute approximate surface area is 134 Å². The van der Waals surface area contributed by atoms with Gasteiger partial charge in [0.2, 0.25) is 0 Å². The monoisotopic (exact) mass is 307 g/mol. The fourth-order valence-electron chi connectivity index (χ4n) is 2.56. The minimum Gasteiger partial charge on any atom is -0.496 e. The molecule has 1 heterocycles. The number of para-hydroxylation sites is 2. The quantitative estimate of drug-likeness (QED) is 0.887. The first-order valence-electron chi connectivity index (χ1n) is 7.21. The van der Waals surface area contributed by atoms with E-state index in [-0.39, 0.29) is 5.91 Å². The number of rotatable bonds is 3. The molecule has 1 aliphatic heterocycles. The average Bonchev–Trinajstić information content (AvgIpc) is 2.89. The molecule has 0 unspecified atom stereocenters. The molecule has 2 aromatic rings. The zero-order valence-corrected chi connectivity index (χ0v) is 13.0. The number of anilines is 1. The van der Waals surface area contributed by atoms with Crippen LogP contribution in [0, 0.1) is 0 Å². The second-order valence-electron chi connectivity index (χ2n) is 5.13. The molecular formula is C18H17N3O2. The molecule has 23 heavy (non-hydrogen) atoms. The van der Waals surface area contributed by atoms with Gasteiger partial charge in [-0.05, 0) is 31.2 Å². The standard InChI is InChI=1S/C18H17N3O2/c1-12-16(17(19)14-10-6-7-11-15(14)23-2)18(22)21(20-12)13-8-4-3-5-9-13/h3-11H,19H2,1-2H3/b17-16+. The second-order valence-corrected chi connectivity index (χ2v) is 5.13. The third kappa shape index (κ3) is 2.57. The number of nitrogens with zero attached hydrogens (tertiary/aromatic N) is 2. The van der Waals surface area contributed by atoms with Gasteiger partial charge in [-0.3, -0.25) is 4.79 Å². The van der Waals surface area contributed by atoms with Crippen LogP contribution in [0.4, 0.5) is 5.69 Å². The van der Waals surface area contributed by atoms with Crippen molar-refractivity contribution in [2.45, 2.75) is 6.92 Å². The number of amides is 1. The van der Waals surface area contributed by atoms with Crippen LogP contribution >= 0.6 is 0 Å². The Hall–Kier alpha value is -3.08. The second kappa shape index (κ2) is 5.96. The summed E-state index contributed by atoms with van der Waals surface area (Å²) in [6.07, 6.45) is 0. The molecule has 0 bridgehead atoms. The molecule has 0 aromatic heterocycles. The van der Waals surface area contributed by atoms with Gasteiger partial charge in [0.15, 0.2) is 0 Å². The largest absolute Gasteiger partial charge is 0.496 e. The summed E-state index contributed by atoms with van der Waals surface area (Å²) in [5, 5.41) is 5.71. The number of carbonyl (C=O) groups excluding carboxylic acids is 1. The van der Waals surface area contributed by atoms with Crippen molar-refractivity contribution in [2.24, 2.45) is 10.8 Å². The number of ether oxygens (including phenoxy) is 1. The highest BCUT2D eigenvalue weighted by Gasteiger charge is 2.31. The lowest BCUT2D eigenvalue weighted by molar-refractivity contribution is -0.114. The molecular weight excluding hydrogens is 290 g/mol. The van der Waals surface area contributed by atoms with E-state index in [1.54, 1.807) is 14.0 Å². The normalized spacial score (nSPS) is 16.3. The molecule has 0 saturated carbocycles. The van der Waals surface area contributed by atoms with Gasteiger partial charge in [0, 0.05) is 5.56 Å². The summed E-state index contributed by atoms with van der Waals surface area (Å²) >= 11 is 0. The molecule has 0 spiro atoms. The van der Waals surface area contributed by atoms with Crippen LogP contribution in [0.1, 0.15) is 12.5 Å². The molecule has 5 heteroatoms. The minimum atomic E-state index is -0.239. The van der Waals surface area contributed by atoms with Crippen LogP contribution in [0.15, 0.2) is 65.3 Å². The molecule has 1 aliphatic rings. The maximum absolute atomic E-state index is 12.8. The van der Waals surface area contributed by atoms with Crippen LogP contribution in [0.3, 0.4) is 0 Å². The van der Waals surface area contributed by atoms with Gasteiger partial charge in [0.25, 0.3) is 5.91 Å². The zero-order valence-electron chi connectivity index (χ0n) is 13.0. The predicted molar refractivity (Wildman–Crippen MR) is 91.1 cm³/mol. The smallest absolute Gasteiger partial charge is 0.282 e. The summed E-state index contributed by atoms with van der Waals surface area (Å²) in [5.74, 6) is 0.383. The van der Waals surface area contributed by atoms with Gasteiger partial charge in [0.05, 0.1) is 29.8 Å². The molecule has 0 aliphatic carbocycles. The number of hydrazone groups is 1. The summed E-state index contributed by atoms with van der Waals surface area (Å²) in [5.41, 5.74) is 9.01. The van der Waals surface area contributed by atoms with Gasteiger partial charge in [-0.15, -0.1) is 0 Å². The Bertz CT molecular complexity index is 810. The maximum atomic E-state index is 12.8. The highest BCUT2D eigenvalue weighted by Crippen LogP contribution is 2.30. The first-order chi connectivity index (χ1) is 11.1. The van der Waals surface area contributed by atoms with Gasteiger partial charge < -0.3 is 10.5 Å². The van der Waals surface area contributed by atoms with Crippen LogP contribution < -0.4 is 15.5 Å². The Balaban J connectivity index is 2.07. The van der Waals surface area contributed by atoms with Gasteiger partial charge in [0.1, 0.15) is 5.75 Å². The van der Waals surface area contributed by atoms with Crippen LogP contribution in [0.25, 0.3) is 5.70 Å². The fourth-order valence-corrected chi connectivity index (χ4v) is 2.56. The Morgan fingerprint density at radius 1 is 1.09 bits per heavy atom. The molecule has 0 saturated heterocycles. The van der Waals surface area contributed by atoms with Crippen LogP contribution in [-0.4, -0.2) is 18.7 Å². The average molecular weight is 307 g/mol. The van der Waals surface area contributed by atoms with E-state index in [1.807, 2.05) is 54.6 Å². The summed E-state index contributed by atoms with van der Waals surface area (Å²) in [7, 11) is 1.57. The summed E-state index contributed by atoms with van der Waals surface area (Å²) in [4.78, 5) is 12.8. The summed E-state index contributed by atoms with van der Waals surface area (Å²) < 4.78 is 5.33. The minimum absolute atomic E-state index is 0.239. The van der Waals surface area contributed by atoms with E-state index in [9.17, 15) is 4.79 Å². The van der Waals surface area contributed by atoms with Crippen LogP contribution in [-0.2, 0) is 4.79 Å². The number of hydrogen-bond donors (Lipinski definition) is 1. The molecule has 116 valence electrons. The van der Waals surface area contributed by atoms with E-state index in [0.29, 0.717) is 34.0 Å². The van der Waals surface area contributed by atoms with Crippen molar-refractivity contribution >= 4 is 23.0 Å². The van der Waals surface area contributed by atoms with Crippen LogP contribution in [0.2, 0.25) is 0 Å². The van der Waals surface area contributed by atoms with E-state index < -0.39 is 0 Å². The lowest BCUT2D eigenvalue weighted by atomic mass is 10.0. The first-order valence-corrected chi connectivity index (χ1v) is 7.21. The number of carbonyl (C=O) groups is 1. The summed E-state index contributed by atoms with van der Waals surface area (Å²) in [6, 6.07) is 16.6. The zero-order chi connectivity index (χ0) is 16.4. The Morgan fingerprint density at radius 2 is 1.74 bits per heavy atom. The highest BCUT2D eigenvalue weighted by atomic mass is 16.5. The van der Waals surface area contributed by atoms with E-state index in [0.717, 1.165) is 0 Å². The lowest BCUT2D eigenvalue weighted by Crippen LogP contribution is -2.23. The van der Waals surface area contributed by atoms with Crippen molar-refractivity contribution in [2.75, 3.05) is 12.1 Å². The Morgan fingerprint density at radius 3 is 2.43 bits per heavy atom. The number of hydrogen-bond acceptors (Lipinski definition) is 4. The molecule has 2 N–H and O–H groups in total. The summed E-state index contributed by atoms with van der Waals surface area (Å²) in [6.45, 7) is 1.78. The van der Waals surface area contributed by atoms with Crippen LogP contribution in [0.5, 0.6) is 5.75 Å². The van der Waals surface area contributed by atoms with Gasteiger partial charge in [-0.1, -0.05) is 30.3 Å². The first kappa shape index (κ1) is 14.8. The maximum Gasteiger partial charge on any atom is 0.282 e. The fraction of sp³-hybridized carbons (Fsp3) is 0.111. The lowest BCUT2D eigenvalue weighted by Gasteiger charge is -2.13. The molecule has 0 atom stereocenters. The number of nitrogens with two attached hydrogens (primary N) is 1. The third-order valence-corrected chi connectivity index (χ3v) is 3.69. The van der Waals surface area contributed by atoms with Gasteiger partial charge in [-0.2, -0.15) is 10.1 Å². The van der Waals surface area contributed by atoms with E-state index >= 15 is 0 Å². The molecule has 1 amide bonds. The predicted octanol–water partition coefficient (Wildman–Crippen LogP) is 2.79. The molecule has 5 nitrogen and oxygen atoms in total.